The van der Waals surface area contributed by atoms with Gasteiger partial charge in [0.25, 0.3) is 10.0 Å². The van der Waals surface area contributed by atoms with Gasteiger partial charge in [-0.1, -0.05) is 77.8 Å². The van der Waals surface area contributed by atoms with Crippen LogP contribution in [-0.4, -0.2) is 57.5 Å². The molecule has 4 aromatic carbocycles. The first-order chi connectivity index (χ1) is 22.7. The summed E-state index contributed by atoms with van der Waals surface area (Å²) in [5.41, 5.74) is 0.976. The molecular weight excluding hydrogens is 673 g/mol. The van der Waals surface area contributed by atoms with Gasteiger partial charge in [0.15, 0.2) is 11.5 Å². The van der Waals surface area contributed by atoms with E-state index in [2.05, 4.69) is 5.32 Å². The number of rotatable bonds is 13. The van der Waals surface area contributed by atoms with Crippen LogP contribution < -0.4 is 19.1 Å². The van der Waals surface area contributed by atoms with Gasteiger partial charge in [0.2, 0.25) is 11.8 Å². The van der Waals surface area contributed by atoms with Crippen molar-refractivity contribution < 1.29 is 27.5 Å². The van der Waals surface area contributed by atoms with Crippen molar-refractivity contribution in [2.75, 3.05) is 25.1 Å². The number of hydrogen-bond donors (Lipinski definition) is 1. The van der Waals surface area contributed by atoms with Gasteiger partial charge in [-0.3, -0.25) is 13.9 Å². The smallest absolute Gasteiger partial charge is 0.264 e. The maximum absolute atomic E-state index is 14.6. The molecule has 0 aromatic heterocycles. The zero-order valence-electron chi connectivity index (χ0n) is 27.4. The molecule has 0 saturated heterocycles. The van der Waals surface area contributed by atoms with E-state index in [4.69, 9.17) is 32.7 Å². The zero-order valence-corrected chi connectivity index (χ0v) is 29.8. The highest BCUT2D eigenvalue weighted by atomic mass is 35.5. The van der Waals surface area contributed by atoms with Crippen LogP contribution in [0.2, 0.25) is 10.0 Å². The molecule has 0 saturated carbocycles. The lowest BCUT2D eigenvalue weighted by Gasteiger charge is -2.35. The Morgan fingerprint density at radius 2 is 1.46 bits per heavy atom. The fraction of sp³-hybridized carbons (Fsp3) is 0.278. The average Bonchev–Trinajstić information content (AvgIpc) is 3.05. The number of amides is 2. The molecule has 0 heterocycles. The third-order valence-electron chi connectivity index (χ3n) is 7.39. The van der Waals surface area contributed by atoms with Crippen molar-refractivity contribution >= 4 is 50.7 Å². The van der Waals surface area contributed by atoms with Crippen molar-refractivity contribution in [1.29, 1.82) is 0 Å². The number of nitrogens with one attached hydrogen (secondary N) is 1. The van der Waals surface area contributed by atoms with Crippen molar-refractivity contribution in [3.05, 3.63) is 118 Å². The second-order valence-electron chi connectivity index (χ2n) is 12.1. The van der Waals surface area contributed by atoms with Gasteiger partial charge in [0.05, 0.1) is 24.8 Å². The highest BCUT2D eigenvalue weighted by Crippen LogP contribution is 2.33. The molecule has 4 rings (SSSR count). The Morgan fingerprint density at radius 1 is 0.833 bits per heavy atom. The number of nitrogens with zero attached hydrogens (tertiary/aromatic N) is 2. The number of sulfonamides is 1. The predicted molar refractivity (Wildman–Crippen MR) is 189 cm³/mol. The fourth-order valence-electron chi connectivity index (χ4n) is 5.07. The molecule has 12 heteroatoms. The third-order valence-corrected chi connectivity index (χ3v) is 9.75. The van der Waals surface area contributed by atoms with Crippen LogP contribution in [0, 0.1) is 0 Å². The number of carbonyl (C=O) groups is 2. The average molecular weight is 713 g/mol. The summed E-state index contributed by atoms with van der Waals surface area (Å²) >= 11 is 12.8. The van der Waals surface area contributed by atoms with E-state index in [0.29, 0.717) is 21.4 Å². The summed E-state index contributed by atoms with van der Waals surface area (Å²) in [6.07, 6.45) is 0.160. The van der Waals surface area contributed by atoms with E-state index in [1.54, 1.807) is 48.5 Å². The summed E-state index contributed by atoms with van der Waals surface area (Å²) < 4.78 is 40.4. The van der Waals surface area contributed by atoms with Crippen molar-refractivity contribution in [2.24, 2.45) is 0 Å². The van der Waals surface area contributed by atoms with Crippen LogP contribution in [0.25, 0.3) is 0 Å². The molecule has 1 atom stereocenters. The van der Waals surface area contributed by atoms with Gasteiger partial charge in [-0.05, 0) is 68.3 Å². The summed E-state index contributed by atoms with van der Waals surface area (Å²) in [7, 11) is -1.50. The first-order valence-electron chi connectivity index (χ1n) is 15.1. The Balaban J connectivity index is 1.84. The lowest BCUT2D eigenvalue weighted by Crippen LogP contribution is -2.56. The Morgan fingerprint density at radius 3 is 2.04 bits per heavy atom. The number of ether oxygens (including phenoxy) is 2. The van der Waals surface area contributed by atoms with Crippen LogP contribution in [0.5, 0.6) is 11.5 Å². The van der Waals surface area contributed by atoms with Gasteiger partial charge in [0, 0.05) is 34.6 Å². The van der Waals surface area contributed by atoms with E-state index in [1.165, 1.54) is 37.3 Å². The van der Waals surface area contributed by atoms with E-state index in [1.807, 2.05) is 51.1 Å². The lowest BCUT2D eigenvalue weighted by atomic mass is 10.0. The Bertz CT molecular complexity index is 1830. The Labute approximate surface area is 292 Å². The number of anilines is 1. The number of benzene rings is 4. The maximum Gasteiger partial charge on any atom is 0.264 e. The lowest BCUT2D eigenvalue weighted by molar-refractivity contribution is -0.140. The molecule has 9 nitrogen and oxygen atoms in total. The molecule has 0 aliphatic rings. The number of hydrogen-bond acceptors (Lipinski definition) is 6. The quantitative estimate of drug-likeness (QED) is 0.164. The summed E-state index contributed by atoms with van der Waals surface area (Å²) in [6, 6.07) is 25.7. The second-order valence-corrected chi connectivity index (χ2v) is 14.8. The minimum atomic E-state index is -4.35. The fourth-order valence-corrected chi connectivity index (χ4v) is 6.97. The van der Waals surface area contributed by atoms with E-state index >= 15 is 0 Å². The minimum absolute atomic E-state index is 0.0943. The Kier molecular flexibility index (Phi) is 12.0. The van der Waals surface area contributed by atoms with E-state index < -0.39 is 40.0 Å². The monoisotopic (exact) mass is 711 g/mol. The van der Waals surface area contributed by atoms with Gasteiger partial charge in [-0.2, -0.15) is 0 Å². The molecule has 0 spiro atoms. The first-order valence-corrected chi connectivity index (χ1v) is 17.3. The molecule has 0 radical (unpaired) electrons. The van der Waals surface area contributed by atoms with Crippen molar-refractivity contribution in [3.63, 3.8) is 0 Å². The van der Waals surface area contributed by atoms with Gasteiger partial charge in [-0.25, -0.2) is 8.42 Å². The molecule has 4 aromatic rings. The van der Waals surface area contributed by atoms with Crippen LogP contribution >= 0.6 is 23.2 Å². The number of halogens is 2. The number of methoxy groups -OCH3 is 2. The zero-order chi connectivity index (χ0) is 35.1. The molecule has 0 unspecified atom stereocenters. The second kappa shape index (κ2) is 15.8. The summed E-state index contributed by atoms with van der Waals surface area (Å²) in [5, 5.41) is 3.71. The molecular formula is C36H39Cl2N3O6S. The summed E-state index contributed by atoms with van der Waals surface area (Å²) in [4.78, 5) is 29.9. The van der Waals surface area contributed by atoms with Crippen LogP contribution in [-0.2, 0) is 32.6 Å². The summed E-state index contributed by atoms with van der Waals surface area (Å²) in [5.74, 6) is -0.477. The van der Waals surface area contributed by atoms with Gasteiger partial charge < -0.3 is 19.7 Å². The maximum atomic E-state index is 14.6. The van der Waals surface area contributed by atoms with Gasteiger partial charge in [-0.15, -0.1) is 0 Å². The van der Waals surface area contributed by atoms with Crippen LogP contribution in [0.1, 0.15) is 31.9 Å². The molecule has 0 bridgehead atoms. The van der Waals surface area contributed by atoms with Gasteiger partial charge in [0.1, 0.15) is 12.6 Å². The largest absolute Gasteiger partial charge is 0.493 e. The standard InChI is InChI=1S/C36H39Cl2N3O6S/c1-36(2,3)39-35(43)31(20-25-12-8-6-9-13-25)40(23-26-16-17-27(37)21-30(26)38)34(42)24-41(28-14-10-7-11-15-28)48(44,45)29-18-19-32(46-4)33(22-29)47-5/h6-19,21-22,31H,20,23-24H2,1-5H3,(H,39,43)/t31-/m1/s1. The first kappa shape index (κ1) is 36.6. The summed E-state index contributed by atoms with van der Waals surface area (Å²) in [6.45, 7) is 4.82. The number of para-hydroxylation sites is 1. The molecule has 0 aliphatic carbocycles. The van der Waals surface area contributed by atoms with E-state index in [9.17, 15) is 18.0 Å². The van der Waals surface area contributed by atoms with Crippen LogP contribution in [0.4, 0.5) is 5.69 Å². The minimum Gasteiger partial charge on any atom is -0.493 e. The van der Waals surface area contributed by atoms with Crippen LogP contribution in [0.3, 0.4) is 0 Å². The third kappa shape index (κ3) is 9.21. The predicted octanol–water partition coefficient (Wildman–Crippen LogP) is 6.76. The number of carbonyl (C=O) groups excluding carboxylic acids is 2. The molecule has 254 valence electrons. The van der Waals surface area contributed by atoms with E-state index in [0.717, 1.165) is 9.87 Å². The Hall–Kier alpha value is -4.25. The van der Waals surface area contributed by atoms with Gasteiger partial charge >= 0.3 is 0 Å². The molecule has 2 amide bonds. The van der Waals surface area contributed by atoms with Crippen molar-refractivity contribution in [3.8, 4) is 11.5 Å². The van der Waals surface area contributed by atoms with Crippen LogP contribution in [0.15, 0.2) is 102 Å². The molecule has 0 aliphatic heterocycles. The topological polar surface area (TPSA) is 105 Å². The van der Waals surface area contributed by atoms with Crippen molar-refractivity contribution in [1.82, 2.24) is 10.2 Å². The molecule has 0 fully saturated rings. The highest BCUT2D eigenvalue weighted by Gasteiger charge is 2.36. The normalized spacial score (nSPS) is 12.1. The molecule has 48 heavy (non-hydrogen) atoms. The SMILES string of the molecule is COc1ccc(S(=O)(=O)N(CC(=O)N(Cc2ccc(Cl)cc2Cl)[C@H](Cc2ccccc2)C(=O)NC(C)(C)C)c2ccccc2)cc1OC. The van der Waals surface area contributed by atoms with Crippen molar-refractivity contribution in [2.45, 2.75) is 50.2 Å². The highest BCUT2D eigenvalue weighted by molar-refractivity contribution is 7.92. The molecule has 1 N–H and O–H groups in total. The van der Waals surface area contributed by atoms with E-state index in [-0.39, 0.29) is 29.3 Å².